The monoisotopic (exact) mass is 281 g/mol. The van der Waals surface area contributed by atoms with Crippen LogP contribution in [0.25, 0.3) is 0 Å². The van der Waals surface area contributed by atoms with Crippen LogP contribution in [0, 0.1) is 0 Å². The number of hydrogen-bond donors (Lipinski definition) is 0. The average Bonchev–Trinajstić information content (AvgIpc) is 2.81. The molecule has 0 aliphatic carbocycles. The molecule has 18 heavy (non-hydrogen) atoms. The van der Waals surface area contributed by atoms with Gasteiger partial charge in [-0.15, -0.1) is 10.2 Å². The summed E-state index contributed by atoms with van der Waals surface area (Å²) in [5.41, 5.74) is 1.22. The van der Waals surface area contributed by atoms with Crippen molar-refractivity contribution in [1.82, 2.24) is 10.2 Å². The summed E-state index contributed by atoms with van der Waals surface area (Å²) in [5, 5.41) is 8.89. The smallest absolute Gasteiger partial charge is 0.207 e. The Balaban J connectivity index is 2.10. The third kappa shape index (κ3) is 3.68. The molecule has 1 aromatic heterocycles. The van der Waals surface area contributed by atoms with Gasteiger partial charge in [0, 0.05) is 12.2 Å². The molecule has 0 saturated carbocycles. The number of anilines is 1. The van der Waals surface area contributed by atoms with Crippen LogP contribution in [0.3, 0.4) is 0 Å². The molecule has 0 fully saturated rings. The van der Waals surface area contributed by atoms with Crippen molar-refractivity contribution in [1.29, 1.82) is 0 Å². The third-order valence-corrected chi connectivity index (χ3v) is 3.67. The van der Waals surface area contributed by atoms with E-state index in [2.05, 4.69) is 46.3 Å². The normalized spacial score (nSPS) is 10.6. The lowest BCUT2D eigenvalue weighted by atomic mass is 10.2. The maximum Gasteiger partial charge on any atom is 0.207 e. The van der Waals surface area contributed by atoms with Crippen molar-refractivity contribution in [2.24, 2.45) is 0 Å². The summed E-state index contributed by atoms with van der Waals surface area (Å²) in [6, 6.07) is 10.4. The maximum atomic E-state index is 5.82. The van der Waals surface area contributed by atoms with Gasteiger partial charge in [-0.3, -0.25) is 0 Å². The van der Waals surface area contributed by atoms with Gasteiger partial charge >= 0.3 is 0 Å². The van der Waals surface area contributed by atoms with E-state index < -0.39 is 0 Å². The second kappa shape index (κ2) is 6.71. The minimum Gasteiger partial charge on any atom is -0.365 e. The van der Waals surface area contributed by atoms with Crippen LogP contribution < -0.4 is 4.90 Å². The number of hydrogen-bond acceptors (Lipinski definition) is 4. The lowest BCUT2D eigenvalue weighted by Gasteiger charge is -2.23. The van der Waals surface area contributed by atoms with Crippen LogP contribution in [0.1, 0.15) is 24.8 Å². The number of para-hydroxylation sites is 1. The molecular weight excluding hydrogens is 266 g/mol. The Hall–Kier alpha value is -1.13. The second-order valence-corrected chi connectivity index (χ2v) is 5.70. The molecule has 0 aliphatic rings. The van der Waals surface area contributed by atoms with E-state index in [0.717, 1.165) is 18.1 Å². The predicted octanol–water partition coefficient (Wildman–Crippen LogP) is 4.00. The van der Waals surface area contributed by atoms with Gasteiger partial charge in [0.25, 0.3) is 0 Å². The fourth-order valence-electron chi connectivity index (χ4n) is 1.75. The van der Waals surface area contributed by atoms with Crippen LogP contribution in [0.2, 0.25) is 4.47 Å². The average molecular weight is 282 g/mol. The Kier molecular flexibility index (Phi) is 4.96. The van der Waals surface area contributed by atoms with E-state index in [9.17, 15) is 0 Å². The Bertz CT molecular complexity index is 472. The topological polar surface area (TPSA) is 29.0 Å². The van der Waals surface area contributed by atoms with E-state index in [1.807, 2.05) is 6.07 Å². The molecule has 3 nitrogen and oxygen atoms in total. The molecule has 1 aromatic carbocycles. The number of rotatable bonds is 6. The summed E-state index contributed by atoms with van der Waals surface area (Å²) >= 11 is 7.27. The summed E-state index contributed by atoms with van der Waals surface area (Å²) in [6.45, 7) is 4.00. The summed E-state index contributed by atoms with van der Waals surface area (Å²) in [5.74, 6) is 0. The molecule has 0 aliphatic heterocycles. The highest BCUT2D eigenvalue weighted by Crippen LogP contribution is 2.21. The van der Waals surface area contributed by atoms with Gasteiger partial charge < -0.3 is 4.90 Å². The van der Waals surface area contributed by atoms with E-state index in [1.165, 1.54) is 29.9 Å². The van der Waals surface area contributed by atoms with Gasteiger partial charge in [0.15, 0.2) is 0 Å². The number of nitrogens with zero attached hydrogens (tertiary/aromatic N) is 3. The fraction of sp³-hybridized carbons (Fsp3) is 0.385. The van der Waals surface area contributed by atoms with Crippen molar-refractivity contribution in [2.75, 3.05) is 11.4 Å². The first kappa shape index (κ1) is 13.3. The van der Waals surface area contributed by atoms with Gasteiger partial charge in [0.2, 0.25) is 4.47 Å². The number of aromatic nitrogens is 2. The first-order chi connectivity index (χ1) is 8.79. The molecule has 0 unspecified atom stereocenters. The zero-order valence-corrected chi connectivity index (χ0v) is 11.9. The highest BCUT2D eigenvalue weighted by Gasteiger charge is 2.10. The van der Waals surface area contributed by atoms with Crippen molar-refractivity contribution in [3.63, 3.8) is 0 Å². The van der Waals surface area contributed by atoms with E-state index in [4.69, 9.17) is 11.6 Å². The van der Waals surface area contributed by atoms with E-state index in [-0.39, 0.29) is 0 Å². The summed E-state index contributed by atoms with van der Waals surface area (Å²) in [4.78, 5) is 2.32. The van der Waals surface area contributed by atoms with E-state index >= 15 is 0 Å². The SMILES string of the molecule is CCCCN(Cc1nnc(Cl)s1)c1ccccc1. The zero-order chi connectivity index (χ0) is 12.8. The molecular formula is C13H16ClN3S. The zero-order valence-electron chi connectivity index (χ0n) is 10.3. The van der Waals surface area contributed by atoms with Crippen LogP contribution in [0.15, 0.2) is 30.3 Å². The Morgan fingerprint density at radius 1 is 1.22 bits per heavy atom. The standard InChI is InChI=1S/C13H16ClN3S/c1-2-3-9-17(11-7-5-4-6-8-11)10-12-15-16-13(14)18-12/h4-8H,2-3,9-10H2,1H3. The summed E-state index contributed by atoms with van der Waals surface area (Å²) in [6.07, 6.45) is 2.35. The van der Waals surface area contributed by atoms with Crippen LogP contribution >= 0.6 is 22.9 Å². The van der Waals surface area contributed by atoms with E-state index in [0.29, 0.717) is 4.47 Å². The Labute approximate surface area is 116 Å². The predicted molar refractivity (Wildman–Crippen MR) is 77.3 cm³/mol. The largest absolute Gasteiger partial charge is 0.365 e. The summed E-state index contributed by atoms with van der Waals surface area (Å²) < 4.78 is 0.508. The van der Waals surface area contributed by atoms with Gasteiger partial charge in [0.1, 0.15) is 5.01 Å². The molecule has 2 rings (SSSR count). The second-order valence-electron chi connectivity index (χ2n) is 4.06. The van der Waals surface area contributed by atoms with Gasteiger partial charge in [-0.1, -0.05) is 42.9 Å². The minimum atomic E-state index is 0.508. The lowest BCUT2D eigenvalue weighted by Crippen LogP contribution is -2.23. The van der Waals surface area contributed by atoms with Crippen molar-refractivity contribution < 1.29 is 0 Å². The Morgan fingerprint density at radius 2 is 2.00 bits per heavy atom. The summed E-state index contributed by atoms with van der Waals surface area (Å²) in [7, 11) is 0. The molecule has 0 saturated heterocycles. The van der Waals surface area contributed by atoms with Crippen molar-refractivity contribution >= 4 is 28.6 Å². The van der Waals surface area contributed by atoms with Gasteiger partial charge in [0.05, 0.1) is 6.54 Å². The molecule has 0 amide bonds. The van der Waals surface area contributed by atoms with Crippen LogP contribution in [-0.2, 0) is 6.54 Å². The van der Waals surface area contributed by atoms with Gasteiger partial charge in [-0.25, -0.2) is 0 Å². The van der Waals surface area contributed by atoms with Crippen molar-refractivity contribution in [3.05, 3.63) is 39.8 Å². The minimum absolute atomic E-state index is 0.508. The quantitative estimate of drug-likeness (QED) is 0.801. The van der Waals surface area contributed by atoms with Crippen molar-refractivity contribution in [2.45, 2.75) is 26.3 Å². The van der Waals surface area contributed by atoms with Crippen LogP contribution in [0.5, 0.6) is 0 Å². The van der Waals surface area contributed by atoms with Crippen LogP contribution in [-0.4, -0.2) is 16.7 Å². The molecule has 0 bridgehead atoms. The van der Waals surface area contributed by atoms with Crippen LogP contribution in [0.4, 0.5) is 5.69 Å². The highest BCUT2D eigenvalue weighted by atomic mass is 35.5. The Morgan fingerprint density at radius 3 is 2.61 bits per heavy atom. The first-order valence-electron chi connectivity index (χ1n) is 6.07. The third-order valence-electron chi connectivity index (χ3n) is 2.67. The first-order valence-corrected chi connectivity index (χ1v) is 7.27. The van der Waals surface area contributed by atoms with E-state index in [1.54, 1.807) is 0 Å². The molecule has 0 radical (unpaired) electrons. The fourth-order valence-corrected chi connectivity index (χ4v) is 2.63. The molecule has 2 aromatic rings. The number of benzene rings is 1. The molecule has 0 atom stereocenters. The number of unbranched alkanes of at least 4 members (excludes halogenated alkanes) is 1. The van der Waals surface area contributed by atoms with Gasteiger partial charge in [-0.05, 0) is 30.2 Å². The molecule has 5 heteroatoms. The molecule has 0 spiro atoms. The molecule has 1 heterocycles. The molecule has 96 valence electrons. The van der Waals surface area contributed by atoms with Gasteiger partial charge in [-0.2, -0.15) is 0 Å². The highest BCUT2D eigenvalue weighted by molar-refractivity contribution is 7.15. The molecule has 0 N–H and O–H groups in total. The van der Waals surface area contributed by atoms with Crippen molar-refractivity contribution in [3.8, 4) is 0 Å². The number of halogens is 1. The lowest BCUT2D eigenvalue weighted by molar-refractivity contribution is 0.710. The maximum absolute atomic E-state index is 5.82.